The van der Waals surface area contributed by atoms with Crippen LogP contribution in [0.1, 0.15) is 75.4 Å². The lowest BCUT2D eigenvalue weighted by Gasteiger charge is -2.30. The standard InChI is InChI=1S/C25H25FN2O3.2C2H6/c1-4-14-16-7-5-6-15-12(2)19(26)10-20(22(15)16)28-23(14)13-8-17-18(21(29)9-13)11-31-25(30)24(17)27-3;2*1-2/h8,10,24,27H,4-7,9,11H2,1-3H3;2*1-2H3. The molecular weight excluding hydrogens is 443 g/mol. The summed E-state index contributed by atoms with van der Waals surface area (Å²) in [6.07, 6.45) is 5.67. The normalized spacial score (nSPS) is 18.6. The Hall–Kier alpha value is -2.86. The van der Waals surface area contributed by atoms with Crippen LogP contribution in [0.25, 0.3) is 16.5 Å². The van der Waals surface area contributed by atoms with Gasteiger partial charge in [0.15, 0.2) is 5.78 Å². The maximum absolute atomic E-state index is 14.7. The molecule has 0 saturated carbocycles. The summed E-state index contributed by atoms with van der Waals surface area (Å²) in [5.41, 5.74) is 7.55. The molecule has 1 N–H and O–H groups in total. The highest BCUT2D eigenvalue weighted by Gasteiger charge is 2.36. The van der Waals surface area contributed by atoms with Crippen molar-refractivity contribution in [2.24, 2.45) is 0 Å². The van der Waals surface area contributed by atoms with E-state index < -0.39 is 6.04 Å². The van der Waals surface area contributed by atoms with Crippen LogP contribution in [0.3, 0.4) is 0 Å². The van der Waals surface area contributed by atoms with E-state index in [9.17, 15) is 14.0 Å². The number of ketones is 1. The number of hydrogen-bond donors (Lipinski definition) is 1. The van der Waals surface area contributed by atoms with Crippen LogP contribution in [0.2, 0.25) is 0 Å². The molecule has 3 aliphatic rings. The van der Waals surface area contributed by atoms with E-state index in [4.69, 9.17) is 9.72 Å². The van der Waals surface area contributed by atoms with Gasteiger partial charge in [-0.05, 0) is 73.1 Å². The minimum absolute atomic E-state index is 0.0137. The first-order valence-electron chi connectivity index (χ1n) is 12.9. The van der Waals surface area contributed by atoms with Crippen LogP contribution in [-0.2, 0) is 33.6 Å². The number of nitrogens with one attached hydrogen (secondary N) is 1. The highest BCUT2D eigenvalue weighted by atomic mass is 19.1. The average Bonchev–Trinajstić information content (AvgIpc) is 2.89. The molecule has 1 atom stereocenters. The maximum atomic E-state index is 14.7. The number of carbonyl (C=O) groups excluding carboxylic acids is 2. The summed E-state index contributed by atoms with van der Waals surface area (Å²) in [6.45, 7) is 12.0. The van der Waals surface area contributed by atoms with E-state index in [0.717, 1.165) is 53.5 Å². The number of pyridine rings is 1. The zero-order chi connectivity index (χ0) is 25.9. The minimum Gasteiger partial charge on any atom is -0.459 e. The van der Waals surface area contributed by atoms with E-state index in [1.807, 2.05) is 40.7 Å². The molecule has 0 radical (unpaired) electrons. The highest BCUT2D eigenvalue weighted by Crippen LogP contribution is 2.40. The largest absolute Gasteiger partial charge is 0.459 e. The van der Waals surface area contributed by atoms with Gasteiger partial charge in [0, 0.05) is 23.4 Å². The van der Waals surface area contributed by atoms with Gasteiger partial charge in [-0.25, -0.2) is 14.2 Å². The molecule has 5 rings (SSSR count). The number of likely N-dealkylation sites (N-methyl/N-ethyl adjacent to an activating group) is 1. The van der Waals surface area contributed by atoms with E-state index in [-0.39, 0.29) is 30.6 Å². The number of nitrogens with zero attached hydrogens (tertiary/aromatic N) is 1. The van der Waals surface area contributed by atoms with Crippen LogP contribution in [0.15, 0.2) is 23.3 Å². The number of aromatic nitrogens is 1. The molecule has 2 heterocycles. The van der Waals surface area contributed by atoms with Gasteiger partial charge in [0.05, 0.1) is 11.2 Å². The van der Waals surface area contributed by atoms with Crippen LogP contribution in [0.4, 0.5) is 4.39 Å². The fourth-order valence-corrected chi connectivity index (χ4v) is 5.34. The van der Waals surface area contributed by atoms with Crippen LogP contribution in [0.5, 0.6) is 0 Å². The summed E-state index contributed by atoms with van der Waals surface area (Å²) in [4.78, 5) is 30.1. The third kappa shape index (κ3) is 4.56. The van der Waals surface area contributed by atoms with Gasteiger partial charge in [-0.3, -0.25) is 4.79 Å². The third-order valence-corrected chi connectivity index (χ3v) is 6.89. The fraction of sp³-hybridized carbons (Fsp3) is 0.483. The van der Waals surface area contributed by atoms with Crippen molar-refractivity contribution in [2.75, 3.05) is 13.7 Å². The summed E-state index contributed by atoms with van der Waals surface area (Å²) in [6, 6.07) is 0.856. The van der Waals surface area contributed by atoms with Gasteiger partial charge in [0.2, 0.25) is 0 Å². The molecule has 1 aliphatic heterocycles. The van der Waals surface area contributed by atoms with Crippen LogP contribution in [0, 0.1) is 12.7 Å². The van der Waals surface area contributed by atoms with Crippen molar-refractivity contribution in [3.05, 3.63) is 57.1 Å². The second kappa shape index (κ2) is 11.3. The predicted molar refractivity (Wildman–Crippen MR) is 139 cm³/mol. The first-order valence-corrected chi connectivity index (χ1v) is 12.9. The molecular formula is C29H37FN2O3. The number of hydrogen-bond acceptors (Lipinski definition) is 5. The molecule has 5 nitrogen and oxygen atoms in total. The summed E-state index contributed by atoms with van der Waals surface area (Å²) in [7, 11) is 1.68. The number of carbonyl (C=O) groups is 2. The minimum atomic E-state index is -0.668. The van der Waals surface area contributed by atoms with Gasteiger partial charge >= 0.3 is 5.97 Å². The van der Waals surface area contributed by atoms with Gasteiger partial charge in [0.1, 0.15) is 18.5 Å². The van der Waals surface area contributed by atoms with Crippen molar-refractivity contribution >= 4 is 28.2 Å². The monoisotopic (exact) mass is 480 g/mol. The molecule has 0 fully saturated rings. The topological polar surface area (TPSA) is 68.3 Å². The number of allylic oxidation sites excluding steroid dienone is 1. The smallest absolute Gasteiger partial charge is 0.328 e. The van der Waals surface area contributed by atoms with Crippen molar-refractivity contribution < 1.29 is 18.7 Å². The molecule has 0 amide bonds. The molecule has 1 aromatic carbocycles. The molecule has 2 aromatic rings. The number of benzene rings is 1. The SMILES string of the molecule is CC.CC.CCc1c(C2=CC3=C(COC(=O)C3NC)C(=O)C2)nc2cc(F)c(C)c3c2c1CCC3. The van der Waals surface area contributed by atoms with Gasteiger partial charge in [-0.15, -0.1) is 0 Å². The predicted octanol–water partition coefficient (Wildman–Crippen LogP) is 5.58. The number of halogens is 1. The van der Waals surface area contributed by atoms with E-state index in [2.05, 4.69) is 12.2 Å². The van der Waals surface area contributed by atoms with E-state index in [0.29, 0.717) is 22.2 Å². The molecule has 35 heavy (non-hydrogen) atoms. The van der Waals surface area contributed by atoms with Crippen molar-refractivity contribution in [1.82, 2.24) is 10.3 Å². The summed E-state index contributed by atoms with van der Waals surface area (Å²) < 4.78 is 19.8. The Bertz CT molecular complexity index is 1230. The first kappa shape index (κ1) is 26.7. The number of ether oxygens (including phenoxy) is 1. The molecule has 1 unspecified atom stereocenters. The molecule has 6 heteroatoms. The summed E-state index contributed by atoms with van der Waals surface area (Å²) in [5, 5.41) is 4.04. The Kier molecular flexibility index (Phi) is 8.60. The fourth-order valence-electron chi connectivity index (χ4n) is 5.34. The average molecular weight is 481 g/mol. The molecule has 188 valence electrons. The quantitative estimate of drug-likeness (QED) is 0.581. The number of cyclic esters (lactones) is 1. The maximum Gasteiger partial charge on any atom is 0.328 e. The Morgan fingerprint density at radius 1 is 1.14 bits per heavy atom. The van der Waals surface area contributed by atoms with Crippen molar-refractivity contribution in [3.8, 4) is 0 Å². The van der Waals surface area contributed by atoms with Gasteiger partial charge < -0.3 is 10.1 Å². The molecule has 2 aliphatic carbocycles. The van der Waals surface area contributed by atoms with Crippen LogP contribution >= 0.6 is 0 Å². The number of rotatable bonds is 3. The van der Waals surface area contributed by atoms with E-state index >= 15 is 0 Å². The first-order chi connectivity index (χ1) is 16.9. The van der Waals surface area contributed by atoms with Crippen molar-refractivity contribution in [2.45, 2.75) is 79.7 Å². The lowest BCUT2D eigenvalue weighted by Crippen LogP contribution is -2.43. The van der Waals surface area contributed by atoms with Crippen LogP contribution < -0.4 is 5.32 Å². The number of aryl methyl sites for hydroxylation is 2. The zero-order valence-corrected chi connectivity index (χ0v) is 22.0. The van der Waals surface area contributed by atoms with Crippen molar-refractivity contribution in [1.29, 1.82) is 0 Å². The van der Waals surface area contributed by atoms with E-state index in [1.54, 1.807) is 7.05 Å². The summed E-state index contributed by atoms with van der Waals surface area (Å²) >= 11 is 0. The van der Waals surface area contributed by atoms with Crippen molar-refractivity contribution in [3.63, 3.8) is 0 Å². The zero-order valence-electron chi connectivity index (χ0n) is 22.0. The Morgan fingerprint density at radius 2 is 1.83 bits per heavy atom. The second-order valence-electron chi connectivity index (χ2n) is 8.51. The van der Waals surface area contributed by atoms with Crippen LogP contribution in [-0.4, -0.2) is 36.4 Å². The Balaban J connectivity index is 0.000000815. The molecule has 0 bridgehead atoms. The lowest BCUT2D eigenvalue weighted by molar-refractivity contribution is -0.145. The second-order valence-corrected chi connectivity index (χ2v) is 8.51. The molecule has 1 aromatic heterocycles. The molecule has 0 spiro atoms. The van der Waals surface area contributed by atoms with Gasteiger partial charge in [-0.1, -0.05) is 40.7 Å². The lowest BCUT2D eigenvalue weighted by atomic mass is 9.80. The summed E-state index contributed by atoms with van der Waals surface area (Å²) in [5.74, 6) is -0.665. The van der Waals surface area contributed by atoms with E-state index in [1.165, 1.54) is 11.6 Å². The number of Topliss-reactive ketones (excluding diaryl/α,β-unsaturated/α-hetero) is 1. The highest BCUT2D eigenvalue weighted by molar-refractivity contribution is 6.08. The van der Waals surface area contributed by atoms with Gasteiger partial charge in [0.25, 0.3) is 0 Å². The molecule has 0 saturated heterocycles. The number of esters is 1. The third-order valence-electron chi connectivity index (χ3n) is 6.89. The van der Waals surface area contributed by atoms with Gasteiger partial charge in [-0.2, -0.15) is 0 Å². The Morgan fingerprint density at radius 3 is 2.49 bits per heavy atom. The Labute approximate surface area is 207 Å².